The number of anilines is 2. The number of nitrogens with zero attached hydrogens (tertiary/aromatic N) is 3. The highest BCUT2D eigenvalue weighted by molar-refractivity contribution is 7.99. The fourth-order valence-electron chi connectivity index (χ4n) is 3.39. The number of hydrogen-bond donors (Lipinski definition) is 2. The molecule has 0 saturated carbocycles. The Kier molecular flexibility index (Phi) is 7.30. The molecule has 0 unspecified atom stereocenters. The SMILES string of the molecule is CC(=O)Nc1cccc(NC(=O)CSc2nnc(-c3ccc(Cl)cc3)n2-c2ccccc2C)c1. The third-order valence-corrected chi connectivity index (χ3v) is 6.07. The standard InChI is InChI=1S/C25H22ClN5O2S/c1-16-6-3-4-9-22(16)31-24(18-10-12-19(26)13-11-18)29-30-25(31)34-15-23(33)28-21-8-5-7-20(14-21)27-17(2)32/h3-14H,15H2,1-2H3,(H,27,32)(H,28,33). The summed E-state index contributed by atoms with van der Waals surface area (Å²) in [5, 5.41) is 15.6. The summed E-state index contributed by atoms with van der Waals surface area (Å²) in [6, 6.07) is 22.3. The number of aromatic nitrogens is 3. The number of rotatable bonds is 7. The maximum absolute atomic E-state index is 12.7. The summed E-state index contributed by atoms with van der Waals surface area (Å²) in [6.45, 7) is 3.45. The number of nitrogens with one attached hydrogen (secondary N) is 2. The first-order valence-electron chi connectivity index (χ1n) is 10.5. The quantitative estimate of drug-likeness (QED) is 0.329. The van der Waals surface area contributed by atoms with Gasteiger partial charge in [0.1, 0.15) is 0 Å². The zero-order chi connectivity index (χ0) is 24.1. The zero-order valence-corrected chi connectivity index (χ0v) is 20.2. The van der Waals surface area contributed by atoms with E-state index in [9.17, 15) is 9.59 Å². The second-order valence-electron chi connectivity index (χ2n) is 7.53. The first-order chi connectivity index (χ1) is 16.4. The third-order valence-electron chi connectivity index (χ3n) is 4.89. The first-order valence-corrected chi connectivity index (χ1v) is 11.8. The van der Waals surface area contributed by atoms with Gasteiger partial charge in [-0.25, -0.2) is 0 Å². The minimum absolute atomic E-state index is 0.134. The fraction of sp³-hybridized carbons (Fsp3) is 0.120. The van der Waals surface area contributed by atoms with Crippen molar-refractivity contribution in [3.05, 3.63) is 83.4 Å². The average molecular weight is 492 g/mol. The molecule has 3 aromatic carbocycles. The van der Waals surface area contributed by atoms with Crippen LogP contribution in [0.15, 0.2) is 78.0 Å². The Labute approximate surface area is 206 Å². The highest BCUT2D eigenvalue weighted by Crippen LogP contribution is 2.30. The number of amides is 2. The van der Waals surface area contributed by atoms with Crippen LogP contribution in [0.25, 0.3) is 17.1 Å². The molecule has 7 nitrogen and oxygen atoms in total. The van der Waals surface area contributed by atoms with Crippen LogP contribution in [0.3, 0.4) is 0 Å². The van der Waals surface area contributed by atoms with Crippen molar-refractivity contribution in [2.45, 2.75) is 19.0 Å². The van der Waals surface area contributed by atoms with Crippen LogP contribution in [0.5, 0.6) is 0 Å². The number of halogens is 1. The molecule has 2 N–H and O–H groups in total. The monoisotopic (exact) mass is 491 g/mol. The lowest BCUT2D eigenvalue weighted by atomic mass is 10.1. The van der Waals surface area contributed by atoms with Gasteiger partial charge < -0.3 is 10.6 Å². The van der Waals surface area contributed by atoms with E-state index in [2.05, 4.69) is 20.8 Å². The van der Waals surface area contributed by atoms with Gasteiger partial charge in [-0.3, -0.25) is 14.2 Å². The number of thioether (sulfide) groups is 1. The van der Waals surface area contributed by atoms with Crippen LogP contribution in [0.2, 0.25) is 5.02 Å². The minimum Gasteiger partial charge on any atom is -0.326 e. The summed E-state index contributed by atoms with van der Waals surface area (Å²) in [6.07, 6.45) is 0. The van der Waals surface area contributed by atoms with Crippen molar-refractivity contribution in [3.8, 4) is 17.1 Å². The molecule has 0 aliphatic rings. The largest absolute Gasteiger partial charge is 0.326 e. The molecule has 1 aromatic heterocycles. The van der Waals surface area contributed by atoms with Crippen LogP contribution in [-0.2, 0) is 9.59 Å². The minimum atomic E-state index is -0.197. The van der Waals surface area contributed by atoms with Crippen molar-refractivity contribution < 1.29 is 9.59 Å². The molecular weight excluding hydrogens is 470 g/mol. The topological polar surface area (TPSA) is 88.9 Å². The van der Waals surface area contributed by atoms with Crippen molar-refractivity contribution in [1.29, 1.82) is 0 Å². The first kappa shape index (κ1) is 23.5. The molecule has 34 heavy (non-hydrogen) atoms. The van der Waals surface area contributed by atoms with Crippen molar-refractivity contribution in [3.63, 3.8) is 0 Å². The van der Waals surface area contributed by atoms with E-state index in [0.29, 0.717) is 27.4 Å². The van der Waals surface area contributed by atoms with Crippen LogP contribution in [0.4, 0.5) is 11.4 Å². The molecule has 172 valence electrons. The Morgan fingerprint density at radius 2 is 1.65 bits per heavy atom. The lowest BCUT2D eigenvalue weighted by Gasteiger charge is -2.13. The number of aryl methyl sites for hydroxylation is 1. The van der Waals surface area contributed by atoms with Crippen LogP contribution >= 0.6 is 23.4 Å². The number of hydrogen-bond acceptors (Lipinski definition) is 5. The van der Waals surface area contributed by atoms with Gasteiger partial charge in [0.2, 0.25) is 11.8 Å². The van der Waals surface area contributed by atoms with Gasteiger partial charge in [0.05, 0.1) is 11.4 Å². The van der Waals surface area contributed by atoms with Gasteiger partial charge in [0, 0.05) is 28.9 Å². The van der Waals surface area contributed by atoms with Crippen molar-refractivity contribution in [2.75, 3.05) is 16.4 Å². The molecule has 9 heteroatoms. The van der Waals surface area contributed by atoms with E-state index in [0.717, 1.165) is 16.8 Å². The second kappa shape index (κ2) is 10.5. The molecule has 0 saturated heterocycles. The van der Waals surface area contributed by atoms with Crippen molar-refractivity contribution in [1.82, 2.24) is 14.8 Å². The van der Waals surface area contributed by atoms with Crippen molar-refractivity contribution >= 4 is 46.6 Å². The van der Waals surface area contributed by atoms with E-state index in [1.807, 2.05) is 60.0 Å². The summed E-state index contributed by atoms with van der Waals surface area (Å²) in [5.74, 6) is 0.426. The van der Waals surface area contributed by atoms with Crippen LogP contribution in [0.1, 0.15) is 12.5 Å². The average Bonchev–Trinajstić information content (AvgIpc) is 3.22. The molecular formula is C25H22ClN5O2S. The predicted molar refractivity (Wildman–Crippen MR) is 137 cm³/mol. The third kappa shape index (κ3) is 5.65. The maximum Gasteiger partial charge on any atom is 0.234 e. The molecule has 4 rings (SSSR count). The van der Waals surface area contributed by atoms with Crippen LogP contribution in [0, 0.1) is 6.92 Å². The second-order valence-corrected chi connectivity index (χ2v) is 8.91. The van der Waals surface area contributed by atoms with Gasteiger partial charge in [0.15, 0.2) is 11.0 Å². The predicted octanol–water partition coefficient (Wildman–Crippen LogP) is 5.59. The van der Waals surface area contributed by atoms with Crippen molar-refractivity contribution in [2.24, 2.45) is 0 Å². The molecule has 0 radical (unpaired) electrons. The Hall–Kier alpha value is -3.62. The van der Waals surface area contributed by atoms with Gasteiger partial charge in [-0.1, -0.05) is 47.6 Å². The molecule has 0 fully saturated rings. The zero-order valence-electron chi connectivity index (χ0n) is 18.6. The maximum atomic E-state index is 12.7. The van der Waals surface area contributed by atoms with Crippen LogP contribution < -0.4 is 10.6 Å². The number of carbonyl (C=O) groups excluding carboxylic acids is 2. The Bertz CT molecular complexity index is 1340. The van der Waals surface area contributed by atoms with Gasteiger partial charge in [-0.05, 0) is 61.0 Å². The summed E-state index contributed by atoms with van der Waals surface area (Å²) >= 11 is 7.35. The molecule has 0 atom stereocenters. The molecule has 0 spiro atoms. The van der Waals surface area contributed by atoms with E-state index in [4.69, 9.17) is 11.6 Å². The van der Waals surface area contributed by atoms with E-state index < -0.39 is 0 Å². The van der Waals surface area contributed by atoms with Crippen LogP contribution in [-0.4, -0.2) is 32.3 Å². The van der Waals surface area contributed by atoms with Gasteiger partial charge in [0.25, 0.3) is 0 Å². The van der Waals surface area contributed by atoms with Gasteiger partial charge >= 0.3 is 0 Å². The Balaban J connectivity index is 1.56. The van der Waals surface area contributed by atoms with Gasteiger partial charge in [-0.2, -0.15) is 0 Å². The smallest absolute Gasteiger partial charge is 0.234 e. The van der Waals surface area contributed by atoms with E-state index in [1.54, 1.807) is 24.3 Å². The summed E-state index contributed by atoms with van der Waals surface area (Å²) in [5.41, 5.74) is 4.07. The van der Waals surface area contributed by atoms with E-state index >= 15 is 0 Å². The summed E-state index contributed by atoms with van der Waals surface area (Å²) in [4.78, 5) is 23.9. The number of para-hydroxylation sites is 1. The van der Waals surface area contributed by atoms with E-state index in [1.165, 1.54) is 18.7 Å². The highest BCUT2D eigenvalue weighted by Gasteiger charge is 2.18. The Morgan fingerprint density at radius 1 is 0.941 bits per heavy atom. The number of carbonyl (C=O) groups is 2. The van der Waals surface area contributed by atoms with Gasteiger partial charge in [-0.15, -0.1) is 10.2 Å². The lowest BCUT2D eigenvalue weighted by molar-refractivity contribution is -0.114. The van der Waals surface area contributed by atoms with E-state index in [-0.39, 0.29) is 17.6 Å². The fourth-order valence-corrected chi connectivity index (χ4v) is 4.26. The molecule has 0 bridgehead atoms. The highest BCUT2D eigenvalue weighted by atomic mass is 35.5. The molecule has 2 amide bonds. The summed E-state index contributed by atoms with van der Waals surface area (Å²) < 4.78 is 1.95. The summed E-state index contributed by atoms with van der Waals surface area (Å²) in [7, 11) is 0. The molecule has 1 heterocycles. The normalized spacial score (nSPS) is 10.7. The molecule has 0 aliphatic carbocycles. The lowest BCUT2D eigenvalue weighted by Crippen LogP contribution is -2.15. The molecule has 4 aromatic rings. The Morgan fingerprint density at radius 3 is 2.35 bits per heavy atom. The number of benzene rings is 3. The molecule has 0 aliphatic heterocycles.